The van der Waals surface area contributed by atoms with Gasteiger partial charge in [0.2, 0.25) is 0 Å². The van der Waals surface area contributed by atoms with Crippen molar-refractivity contribution in [2.24, 2.45) is 11.8 Å². The highest BCUT2D eigenvalue weighted by molar-refractivity contribution is 7.79. The maximum Gasteiger partial charge on any atom is 0.407 e. The number of carbonyl (C=O) groups excluding carboxylic acids is 1. The molecule has 22 heavy (non-hydrogen) atoms. The van der Waals surface area contributed by atoms with E-state index in [9.17, 15) is 9.00 Å². The van der Waals surface area contributed by atoms with E-state index in [1.165, 1.54) is 0 Å². The number of ether oxygens (including phenoxy) is 1. The first kappa shape index (κ1) is 17.0. The summed E-state index contributed by atoms with van der Waals surface area (Å²) < 4.78 is 25.4. The molecule has 5 nitrogen and oxygen atoms in total. The quantitative estimate of drug-likeness (QED) is 0.816. The summed E-state index contributed by atoms with van der Waals surface area (Å²) in [6.07, 6.45) is 2.23. The molecule has 122 valence electrons. The topological polar surface area (TPSA) is 75.6 Å². The van der Waals surface area contributed by atoms with Crippen LogP contribution in [-0.2, 0) is 22.4 Å². The largest absolute Gasteiger partial charge is 0.445 e. The van der Waals surface area contributed by atoms with E-state index in [1.54, 1.807) is 0 Å². The molecule has 1 amide bonds. The Kier molecular flexibility index (Phi) is 6.39. The standard InChI is InChI=1S/C16H23NO4S/c1-12-7-8-15(14(9-12)11-22(19)20)17-16(18)21-10-13-5-3-2-4-6-13/h2-6,12,14-15H,7-11H2,1H3,(H,17,18)(H,19,20)/t12-,14+,15+/m1/s1. The zero-order valence-corrected chi connectivity index (χ0v) is 13.6. The Morgan fingerprint density at radius 1 is 1.36 bits per heavy atom. The van der Waals surface area contributed by atoms with Crippen molar-refractivity contribution in [3.63, 3.8) is 0 Å². The first-order valence-electron chi connectivity index (χ1n) is 7.59. The summed E-state index contributed by atoms with van der Waals surface area (Å²) in [6, 6.07) is 9.40. The Morgan fingerprint density at radius 2 is 2.09 bits per heavy atom. The summed E-state index contributed by atoms with van der Waals surface area (Å²) in [5, 5.41) is 2.86. The van der Waals surface area contributed by atoms with Crippen LogP contribution >= 0.6 is 0 Å². The van der Waals surface area contributed by atoms with Crippen molar-refractivity contribution < 1.29 is 18.3 Å². The average Bonchev–Trinajstić information content (AvgIpc) is 2.48. The number of amides is 1. The van der Waals surface area contributed by atoms with Crippen LogP contribution in [0.5, 0.6) is 0 Å². The lowest BCUT2D eigenvalue weighted by Crippen LogP contribution is -2.45. The third-order valence-electron chi connectivity index (χ3n) is 4.12. The van der Waals surface area contributed by atoms with Gasteiger partial charge in [0.25, 0.3) is 0 Å². The van der Waals surface area contributed by atoms with E-state index in [2.05, 4.69) is 12.2 Å². The molecule has 1 aromatic carbocycles. The van der Waals surface area contributed by atoms with Crippen LogP contribution in [0.15, 0.2) is 30.3 Å². The Labute approximate surface area is 133 Å². The number of nitrogens with one attached hydrogen (secondary N) is 1. The molecule has 4 atom stereocenters. The highest BCUT2D eigenvalue weighted by atomic mass is 32.2. The number of carbonyl (C=O) groups is 1. The molecule has 1 aliphatic carbocycles. The molecule has 1 unspecified atom stereocenters. The second kappa shape index (κ2) is 8.29. The SMILES string of the molecule is C[C@@H]1CC[C@H](NC(=O)OCc2ccccc2)[C@H](CS(=O)O)C1. The fourth-order valence-corrected chi connectivity index (χ4v) is 3.71. The molecule has 2 rings (SSSR count). The van der Waals surface area contributed by atoms with Gasteiger partial charge in [-0.1, -0.05) is 37.3 Å². The maximum atomic E-state index is 11.9. The number of hydrogen-bond donors (Lipinski definition) is 2. The van der Waals surface area contributed by atoms with Gasteiger partial charge in [0.1, 0.15) is 6.61 Å². The molecule has 0 radical (unpaired) electrons. The third kappa shape index (κ3) is 5.42. The van der Waals surface area contributed by atoms with Crippen LogP contribution in [0.4, 0.5) is 4.79 Å². The van der Waals surface area contributed by atoms with Crippen molar-refractivity contribution in [1.82, 2.24) is 5.32 Å². The summed E-state index contributed by atoms with van der Waals surface area (Å²) in [4.78, 5) is 11.9. The average molecular weight is 325 g/mol. The Balaban J connectivity index is 1.84. The van der Waals surface area contributed by atoms with E-state index in [4.69, 9.17) is 9.29 Å². The molecule has 0 aromatic heterocycles. The first-order valence-corrected chi connectivity index (χ1v) is 8.87. The Hall–Kier alpha value is -1.40. The monoisotopic (exact) mass is 325 g/mol. The molecule has 0 saturated heterocycles. The predicted octanol–water partition coefficient (Wildman–Crippen LogP) is 2.94. The lowest BCUT2D eigenvalue weighted by atomic mass is 9.80. The predicted molar refractivity (Wildman–Crippen MR) is 85.7 cm³/mol. The number of hydrogen-bond acceptors (Lipinski definition) is 3. The summed E-state index contributed by atoms with van der Waals surface area (Å²) in [5.74, 6) is 0.749. The van der Waals surface area contributed by atoms with E-state index < -0.39 is 17.2 Å². The van der Waals surface area contributed by atoms with Gasteiger partial charge < -0.3 is 14.6 Å². The Morgan fingerprint density at radius 3 is 2.77 bits per heavy atom. The van der Waals surface area contributed by atoms with Gasteiger partial charge in [-0.05, 0) is 36.7 Å². The van der Waals surface area contributed by atoms with Gasteiger partial charge in [-0.3, -0.25) is 0 Å². The van der Waals surface area contributed by atoms with Crippen molar-refractivity contribution in [3.8, 4) is 0 Å². The van der Waals surface area contributed by atoms with Crippen LogP contribution in [0.25, 0.3) is 0 Å². The molecule has 1 saturated carbocycles. The summed E-state index contributed by atoms with van der Waals surface area (Å²) in [7, 11) is 0. The zero-order chi connectivity index (χ0) is 15.9. The minimum Gasteiger partial charge on any atom is -0.445 e. The fraction of sp³-hybridized carbons (Fsp3) is 0.562. The number of rotatable bonds is 5. The van der Waals surface area contributed by atoms with Crippen molar-refractivity contribution in [2.75, 3.05) is 5.75 Å². The molecule has 2 N–H and O–H groups in total. The zero-order valence-electron chi connectivity index (χ0n) is 12.7. The smallest absolute Gasteiger partial charge is 0.407 e. The van der Waals surface area contributed by atoms with E-state index in [0.717, 1.165) is 24.8 Å². The molecular formula is C16H23NO4S. The summed E-state index contributed by atoms with van der Waals surface area (Å²) >= 11 is -1.84. The minimum absolute atomic E-state index is 0.0267. The van der Waals surface area contributed by atoms with Crippen LogP contribution in [0.2, 0.25) is 0 Å². The van der Waals surface area contributed by atoms with Gasteiger partial charge in [0.15, 0.2) is 11.1 Å². The Bertz CT molecular complexity index is 508. The van der Waals surface area contributed by atoms with Crippen LogP contribution in [0.1, 0.15) is 31.7 Å². The highest BCUT2D eigenvalue weighted by Gasteiger charge is 2.31. The molecular weight excluding hydrogens is 302 g/mol. The lowest BCUT2D eigenvalue weighted by Gasteiger charge is -2.34. The van der Waals surface area contributed by atoms with Crippen LogP contribution in [-0.4, -0.2) is 26.6 Å². The molecule has 1 aliphatic rings. The van der Waals surface area contributed by atoms with Gasteiger partial charge in [0, 0.05) is 6.04 Å². The van der Waals surface area contributed by atoms with Crippen LogP contribution in [0.3, 0.4) is 0 Å². The van der Waals surface area contributed by atoms with Crippen molar-refractivity contribution in [3.05, 3.63) is 35.9 Å². The minimum atomic E-state index is -1.84. The summed E-state index contributed by atoms with van der Waals surface area (Å²) in [6.45, 7) is 2.36. The van der Waals surface area contributed by atoms with Crippen molar-refractivity contribution >= 4 is 17.2 Å². The molecule has 6 heteroatoms. The van der Waals surface area contributed by atoms with Crippen molar-refractivity contribution in [2.45, 2.75) is 38.8 Å². The van der Waals surface area contributed by atoms with Crippen LogP contribution < -0.4 is 5.32 Å². The van der Waals surface area contributed by atoms with E-state index in [1.807, 2.05) is 30.3 Å². The van der Waals surface area contributed by atoms with E-state index in [0.29, 0.717) is 5.92 Å². The number of alkyl carbamates (subject to hydrolysis) is 1. The third-order valence-corrected chi connectivity index (χ3v) is 4.83. The van der Waals surface area contributed by atoms with Gasteiger partial charge in [-0.15, -0.1) is 0 Å². The number of benzene rings is 1. The molecule has 0 spiro atoms. The lowest BCUT2D eigenvalue weighted by molar-refractivity contribution is 0.124. The van der Waals surface area contributed by atoms with Crippen molar-refractivity contribution in [1.29, 1.82) is 0 Å². The van der Waals surface area contributed by atoms with E-state index >= 15 is 0 Å². The van der Waals surface area contributed by atoms with Gasteiger partial charge in [-0.25, -0.2) is 9.00 Å². The normalized spacial score (nSPS) is 26.2. The van der Waals surface area contributed by atoms with Gasteiger partial charge in [-0.2, -0.15) is 0 Å². The second-order valence-electron chi connectivity index (χ2n) is 5.98. The molecule has 1 fully saturated rings. The van der Waals surface area contributed by atoms with E-state index in [-0.39, 0.29) is 24.3 Å². The second-order valence-corrected chi connectivity index (χ2v) is 6.96. The highest BCUT2D eigenvalue weighted by Crippen LogP contribution is 2.29. The molecule has 0 aliphatic heterocycles. The van der Waals surface area contributed by atoms with Crippen LogP contribution in [0, 0.1) is 11.8 Å². The fourth-order valence-electron chi connectivity index (χ4n) is 2.97. The molecule has 1 aromatic rings. The maximum absolute atomic E-state index is 11.9. The van der Waals surface area contributed by atoms with Gasteiger partial charge >= 0.3 is 6.09 Å². The molecule has 0 bridgehead atoms. The van der Waals surface area contributed by atoms with Gasteiger partial charge in [0.05, 0.1) is 5.75 Å². The first-order chi connectivity index (χ1) is 10.5. The molecule has 0 heterocycles. The summed E-state index contributed by atoms with van der Waals surface area (Å²) in [5.41, 5.74) is 0.933.